The zero-order valence-corrected chi connectivity index (χ0v) is 12.4. The lowest BCUT2D eigenvalue weighted by Crippen LogP contribution is -1.95. The lowest BCUT2D eigenvalue weighted by Gasteiger charge is -2.00. The van der Waals surface area contributed by atoms with Crippen LogP contribution >= 0.6 is 0 Å². The number of benzene rings is 1. The first kappa shape index (κ1) is 14.4. The first-order valence-corrected chi connectivity index (χ1v) is 7.03. The normalized spacial score (nSPS) is 11.3. The Morgan fingerprint density at radius 2 is 1.83 bits per heavy atom. The Bertz CT molecular complexity index is 1030. The molecule has 4 rings (SSSR count). The van der Waals surface area contributed by atoms with Gasteiger partial charge in [-0.25, -0.2) is 22.8 Å². The van der Waals surface area contributed by atoms with Crippen LogP contribution in [0.15, 0.2) is 36.5 Å². The van der Waals surface area contributed by atoms with Gasteiger partial charge in [0.1, 0.15) is 17.0 Å². The SMILES string of the molecule is Cn1nc(-c2ccccn2)c2[nH]c(-c3cc(F)c(F)c(F)c3)nc21. The van der Waals surface area contributed by atoms with Gasteiger partial charge in [0.2, 0.25) is 0 Å². The van der Waals surface area contributed by atoms with Crippen molar-refractivity contribution in [1.29, 1.82) is 0 Å². The molecule has 0 atom stereocenters. The third-order valence-electron chi connectivity index (χ3n) is 3.64. The monoisotopic (exact) mass is 329 g/mol. The average molecular weight is 329 g/mol. The van der Waals surface area contributed by atoms with Gasteiger partial charge in [0.15, 0.2) is 23.1 Å². The number of pyridine rings is 1. The number of halogens is 3. The summed E-state index contributed by atoms with van der Waals surface area (Å²) in [6.45, 7) is 0. The lowest BCUT2D eigenvalue weighted by molar-refractivity contribution is 0.447. The molecule has 8 heteroatoms. The number of nitrogens with zero attached hydrogens (tertiary/aromatic N) is 4. The molecule has 0 radical (unpaired) electrons. The number of rotatable bonds is 2. The highest BCUT2D eigenvalue weighted by atomic mass is 19.2. The van der Waals surface area contributed by atoms with E-state index < -0.39 is 17.5 Å². The summed E-state index contributed by atoms with van der Waals surface area (Å²) in [4.78, 5) is 11.5. The lowest BCUT2D eigenvalue weighted by atomic mass is 10.2. The molecular weight excluding hydrogens is 319 g/mol. The highest BCUT2D eigenvalue weighted by Gasteiger charge is 2.19. The molecule has 1 N–H and O–H groups in total. The predicted octanol–water partition coefficient (Wildman–Crippen LogP) is 3.44. The van der Waals surface area contributed by atoms with Crippen LogP contribution < -0.4 is 0 Å². The van der Waals surface area contributed by atoms with Crippen LogP contribution in [-0.2, 0) is 7.05 Å². The second-order valence-electron chi connectivity index (χ2n) is 5.23. The molecule has 0 saturated heterocycles. The topological polar surface area (TPSA) is 59.4 Å². The summed E-state index contributed by atoms with van der Waals surface area (Å²) in [5.41, 5.74) is 2.38. The second-order valence-corrected chi connectivity index (χ2v) is 5.23. The van der Waals surface area contributed by atoms with Crippen molar-refractivity contribution in [3.8, 4) is 22.8 Å². The minimum absolute atomic E-state index is 0.106. The molecule has 120 valence electrons. The van der Waals surface area contributed by atoms with E-state index in [0.717, 1.165) is 12.1 Å². The van der Waals surface area contributed by atoms with Gasteiger partial charge in [-0.15, -0.1) is 0 Å². The molecule has 1 aromatic carbocycles. The fourth-order valence-corrected chi connectivity index (χ4v) is 2.52. The van der Waals surface area contributed by atoms with Gasteiger partial charge in [-0.1, -0.05) is 6.07 Å². The summed E-state index contributed by atoms with van der Waals surface area (Å²) >= 11 is 0. The van der Waals surface area contributed by atoms with Gasteiger partial charge in [-0.05, 0) is 24.3 Å². The zero-order valence-electron chi connectivity index (χ0n) is 12.4. The molecule has 4 aromatic rings. The number of hydrogen-bond donors (Lipinski definition) is 1. The fraction of sp³-hybridized carbons (Fsp3) is 0.0625. The molecule has 24 heavy (non-hydrogen) atoms. The minimum atomic E-state index is -1.51. The molecule has 0 aliphatic heterocycles. The maximum Gasteiger partial charge on any atom is 0.194 e. The number of aryl methyl sites for hydroxylation is 1. The molecule has 5 nitrogen and oxygen atoms in total. The summed E-state index contributed by atoms with van der Waals surface area (Å²) in [5, 5.41) is 4.36. The van der Waals surface area contributed by atoms with Crippen LogP contribution in [0.5, 0.6) is 0 Å². The van der Waals surface area contributed by atoms with E-state index in [4.69, 9.17) is 0 Å². The van der Waals surface area contributed by atoms with Crippen LogP contribution in [0.1, 0.15) is 0 Å². The summed E-state index contributed by atoms with van der Waals surface area (Å²) in [6.07, 6.45) is 1.64. The van der Waals surface area contributed by atoms with Crippen molar-refractivity contribution in [2.24, 2.45) is 7.05 Å². The van der Waals surface area contributed by atoms with Gasteiger partial charge in [-0.2, -0.15) is 5.10 Å². The Morgan fingerprint density at radius 3 is 2.50 bits per heavy atom. The van der Waals surface area contributed by atoms with Crippen LogP contribution in [0.2, 0.25) is 0 Å². The summed E-state index contributed by atoms with van der Waals surface area (Å²) in [6, 6.07) is 7.18. The van der Waals surface area contributed by atoms with Crippen molar-refractivity contribution >= 4 is 11.2 Å². The molecule has 0 fully saturated rings. The fourth-order valence-electron chi connectivity index (χ4n) is 2.52. The molecule has 0 saturated carbocycles. The van der Waals surface area contributed by atoms with Gasteiger partial charge in [-0.3, -0.25) is 4.98 Å². The van der Waals surface area contributed by atoms with E-state index in [1.54, 1.807) is 25.4 Å². The van der Waals surface area contributed by atoms with Crippen molar-refractivity contribution in [1.82, 2.24) is 24.7 Å². The van der Waals surface area contributed by atoms with Crippen molar-refractivity contribution in [3.63, 3.8) is 0 Å². The number of aromatic amines is 1. The molecule has 0 amide bonds. The Morgan fingerprint density at radius 1 is 1.08 bits per heavy atom. The first-order valence-electron chi connectivity index (χ1n) is 7.03. The Kier molecular flexibility index (Phi) is 3.12. The first-order chi connectivity index (χ1) is 11.5. The van der Waals surface area contributed by atoms with Gasteiger partial charge >= 0.3 is 0 Å². The zero-order chi connectivity index (χ0) is 16.8. The molecule has 3 heterocycles. The Balaban J connectivity index is 1.91. The van der Waals surface area contributed by atoms with E-state index in [0.29, 0.717) is 22.6 Å². The smallest absolute Gasteiger partial charge is 0.194 e. The molecule has 0 aliphatic carbocycles. The molecule has 0 unspecified atom stereocenters. The highest BCUT2D eigenvalue weighted by molar-refractivity contribution is 5.89. The van der Waals surface area contributed by atoms with Crippen molar-refractivity contribution < 1.29 is 13.2 Å². The number of aromatic nitrogens is 5. The third kappa shape index (κ3) is 2.15. The molecule has 0 bridgehead atoms. The largest absolute Gasteiger partial charge is 0.335 e. The number of fused-ring (bicyclic) bond motifs is 1. The van der Waals surface area contributed by atoms with Crippen LogP contribution in [-0.4, -0.2) is 24.7 Å². The van der Waals surface area contributed by atoms with Crippen LogP contribution in [0.4, 0.5) is 13.2 Å². The standard InChI is InChI=1S/C16H10F3N5/c1-24-16-14(13(23-24)11-4-2-3-5-20-11)21-15(22-16)8-6-9(17)12(19)10(18)7-8/h2-7H,1H3,(H,21,22). The van der Waals surface area contributed by atoms with Crippen molar-refractivity contribution in [3.05, 3.63) is 54.0 Å². The molecular formula is C16H10F3N5. The molecule has 0 spiro atoms. The third-order valence-corrected chi connectivity index (χ3v) is 3.64. The van der Waals surface area contributed by atoms with Crippen molar-refractivity contribution in [2.75, 3.05) is 0 Å². The molecule has 0 aliphatic rings. The summed E-state index contributed by atoms with van der Waals surface area (Å²) in [5.74, 6) is -3.83. The molecule has 3 aromatic heterocycles. The second kappa shape index (κ2) is 5.19. The number of H-pyrrole nitrogens is 1. The summed E-state index contributed by atoms with van der Waals surface area (Å²) in [7, 11) is 1.70. The summed E-state index contributed by atoms with van der Waals surface area (Å²) < 4.78 is 41.5. The van der Waals surface area contributed by atoms with E-state index >= 15 is 0 Å². The minimum Gasteiger partial charge on any atom is -0.335 e. The van der Waals surface area contributed by atoms with Crippen LogP contribution in [0, 0.1) is 17.5 Å². The van der Waals surface area contributed by atoms with E-state index in [1.165, 1.54) is 4.68 Å². The maximum absolute atomic E-state index is 13.4. The average Bonchev–Trinajstić information content (AvgIpc) is 3.14. The highest BCUT2D eigenvalue weighted by Crippen LogP contribution is 2.28. The van der Waals surface area contributed by atoms with Gasteiger partial charge < -0.3 is 4.98 Å². The van der Waals surface area contributed by atoms with Crippen LogP contribution in [0.25, 0.3) is 33.9 Å². The van der Waals surface area contributed by atoms with Crippen LogP contribution in [0.3, 0.4) is 0 Å². The van der Waals surface area contributed by atoms with Gasteiger partial charge in [0.25, 0.3) is 0 Å². The maximum atomic E-state index is 13.4. The van der Waals surface area contributed by atoms with Gasteiger partial charge in [0.05, 0.1) is 5.69 Å². The quantitative estimate of drug-likeness (QED) is 0.573. The van der Waals surface area contributed by atoms with E-state index in [9.17, 15) is 13.2 Å². The number of hydrogen-bond acceptors (Lipinski definition) is 3. The van der Waals surface area contributed by atoms with Gasteiger partial charge in [0, 0.05) is 18.8 Å². The van der Waals surface area contributed by atoms with E-state index in [2.05, 4.69) is 20.1 Å². The Labute approximate surface area is 133 Å². The van der Waals surface area contributed by atoms with E-state index in [1.807, 2.05) is 6.07 Å². The van der Waals surface area contributed by atoms with Crippen molar-refractivity contribution in [2.45, 2.75) is 0 Å². The number of nitrogens with one attached hydrogen (secondary N) is 1. The Hall–Kier alpha value is -3.16. The van der Waals surface area contributed by atoms with E-state index in [-0.39, 0.29) is 11.4 Å². The predicted molar refractivity (Wildman–Crippen MR) is 81.4 cm³/mol. The number of imidazole rings is 1.